The van der Waals surface area contributed by atoms with Crippen LogP contribution in [0.4, 0.5) is 0 Å². The van der Waals surface area contributed by atoms with Crippen molar-refractivity contribution in [3.8, 4) is 0 Å². The number of esters is 7. The second kappa shape index (κ2) is 27.4. The maximum Gasteiger partial charge on any atom is 0.338 e. The average Bonchev–Trinajstić information content (AvgIpc) is 3.53. The zero-order valence-electron chi connectivity index (χ0n) is 42.7. The number of hydrogen-bond donors (Lipinski definition) is 0. The first-order valence-electron chi connectivity index (χ1n) is 25.3. The fourth-order valence-corrected chi connectivity index (χ4v) is 8.85. The maximum absolute atomic E-state index is 14.5. The third kappa shape index (κ3) is 14.4. The Hall–Kier alpha value is -9.49. The molecule has 0 N–H and O–H groups in total. The van der Waals surface area contributed by atoms with Crippen LogP contribution in [-0.2, 0) is 47.4 Å². The smallest absolute Gasteiger partial charge is 0.338 e. The van der Waals surface area contributed by atoms with E-state index in [-0.39, 0.29) is 38.9 Å². The molecule has 0 amide bonds. The van der Waals surface area contributed by atoms with Gasteiger partial charge in [-0.1, -0.05) is 127 Å². The fraction of sp³-hybridized carbons (Fsp3) is 0.194. The molecule has 0 spiro atoms. The molecule has 0 bridgehead atoms. The molecule has 9 rings (SSSR count). The van der Waals surface area contributed by atoms with E-state index in [0.717, 1.165) is 0 Å². The number of thiocarbonyl (C=S) groups is 1. The van der Waals surface area contributed by atoms with Crippen LogP contribution in [0.2, 0.25) is 0 Å². The van der Waals surface area contributed by atoms with E-state index in [0.29, 0.717) is 0 Å². The molecule has 2 heterocycles. The van der Waals surface area contributed by atoms with E-state index in [1.807, 2.05) is 0 Å². The number of isothiocyanates is 1. The summed E-state index contributed by atoms with van der Waals surface area (Å²) in [4.78, 5) is 104. The van der Waals surface area contributed by atoms with Crippen molar-refractivity contribution in [3.63, 3.8) is 0 Å². The van der Waals surface area contributed by atoms with E-state index < -0.39 is 116 Å². The van der Waals surface area contributed by atoms with Gasteiger partial charge in [0.25, 0.3) is 0 Å². The highest BCUT2D eigenvalue weighted by Gasteiger charge is 2.58. The van der Waals surface area contributed by atoms with Gasteiger partial charge in [-0.15, -0.1) is 0 Å². The summed E-state index contributed by atoms with van der Waals surface area (Å²) < 4.78 is 63.1. The van der Waals surface area contributed by atoms with Gasteiger partial charge in [0.1, 0.15) is 31.5 Å². The Morgan fingerprint density at radius 2 is 0.617 bits per heavy atom. The highest BCUT2D eigenvalue weighted by atomic mass is 32.1. The van der Waals surface area contributed by atoms with E-state index >= 15 is 0 Å². The third-order valence-corrected chi connectivity index (χ3v) is 12.8. The summed E-state index contributed by atoms with van der Waals surface area (Å²) in [6.07, 6.45) is -18.1. The standard InChI is InChI=1S/C62H49NO17S/c64-55(39-22-8-1-9-23-39)71-36-46-49(50(76-58(67)42-28-14-4-15-29-42)52(54(73-46)63-38-81)78-60(69)44-32-18-6-19-33-44)80-62-53(79-61(70)45-34-20-7-21-35-45)51(77-59(68)43-30-16-5-17-31-43)48(75-57(66)41-26-12-3-13-27-41)47(74-62)37-72-56(65)40-24-10-2-11-25-40/h1-35,46-54,62H,36-37H2/t46-,47-,48+,49-,50+,51+,52-,53-,54-,62+/m1/s1. The number of aliphatic imine (C=N–C) groups is 1. The summed E-state index contributed by atoms with van der Waals surface area (Å²) >= 11 is 5.06. The van der Waals surface area contributed by atoms with Crippen LogP contribution in [0.1, 0.15) is 72.5 Å². The van der Waals surface area contributed by atoms with Gasteiger partial charge in [0.05, 0.1) is 44.1 Å². The molecule has 410 valence electrons. The Morgan fingerprint density at radius 1 is 0.346 bits per heavy atom. The van der Waals surface area contributed by atoms with Crippen molar-refractivity contribution >= 4 is 59.2 Å². The van der Waals surface area contributed by atoms with Crippen LogP contribution < -0.4 is 0 Å². The maximum atomic E-state index is 14.5. The highest BCUT2D eigenvalue weighted by molar-refractivity contribution is 7.78. The van der Waals surface area contributed by atoms with Crippen LogP contribution >= 0.6 is 12.2 Å². The number of ether oxygens (including phenoxy) is 10. The van der Waals surface area contributed by atoms with Gasteiger partial charge in [0.15, 0.2) is 43.0 Å². The number of benzene rings is 7. The number of nitrogens with zero attached hydrogens (tertiary/aromatic N) is 1. The summed E-state index contributed by atoms with van der Waals surface area (Å²) in [6, 6.07) is 54.6. The molecule has 2 saturated heterocycles. The molecule has 7 aromatic rings. The SMILES string of the molecule is O=C(OC[C@H]1O[C@@H](O[C@H]2[C@H](OC(=O)c3ccccc3)[C@@H](OC(=O)c3ccccc3)[C@H](N=C=S)O[C@@H]2COC(=O)c2ccccc2)[C@H](OC(=O)c2ccccc2)[C@@H](OC(=O)c2ccccc2)[C@H]1OC(=O)c1ccccc1)c1ccccc1. The van der Waals surface area contributed by atoms with Gasteiger partial charge in [0.2, 0.25) is 0 Å². The number of hydrogen-bond acceptors (Lipinski definition) is 19. The first-order chi connectivity index (χ1) is 39.5. The Kier molecular flexibility index (Phi) is 19.0. The molecule has 0 radical (unpaired) electrons. The van der Waals surface area contributed by atoms with Crippen LogP contribution in [0.15, 0.2) is 217 Å². The molecular formula is C62H49NO17S. The zero-order chi connectivity index (χ0) is 56.5. The van der Waals surface area contributed by atoms with Crippen LogP contribution in [0, 0.1) is 0 Å². The Bertz CT molecular complexity index is 3320. The Balaban J connectivity index is 1.20. The van der Waals surface area contributed by atoms with Crippen molar-refractivity contribution in [2.24, 2.45) is 4.99 Å². The van der Waals surface area contributed by atoms with Gasteiger partial charge in [-0.3, -0.25) is 0 Å². The van der Waals surface area contributed by atoms with E-state index in [4.69, 9.17) is 59.6 Å². The average molecular weight is 1110 g/mol. The summed E-state index contributed by atoms with van der Waals surface area (Å²) in [5.74, 6) is -6.58. The number of carbonyl (C=O) groups is 7. The van der Waals surface area contributed by atoms with Gasteiger partial charge < -0.3 is 47.4 Å². The minimum Gasteiger partial charge on any atom is -0.459 e. The molecule has 2 fully saturated rings. The minimum absolute atomic E-state index is 0.00347. The van der Waals surface area contributed by atoms with E-state index in [1.54, 1.807) is 127 Å². The first kappa shape index (κ1) is 56.2. The van der Waals surface area contributed by atoms with Crippen molar-refractivity contribution < 1.29 is 80.9 Å². The number of rotatable bonds is 19. The van der Waals surface area contributed by atoms with E-state index in [1.165, 1.54) is 84.9 Å². The normalized spacial score (nSPS) is 22.0. The molecule has 19 heteroatoms. The Morgan fingerprint density at radius 3 is 0.951 bits per heavy atom. The van der Waals surface area contributed by atoms with Crippen LogP contribution in [0.5, 0.6) is 0 Å². The second-order valence-corrected chi connectivity index (χ2v) is 18.2. The molecule has 0 unspecified atom stereocenters. The molecule has 10 atom stereocenters. The molecule has 7 aromatic carbocycles. The molecule has 2 aliphatic heterocycles. The third-order valence-electron chi connectivity index (χ3n) is 12.7. The van der Waals surface area contributed by atoms with Crippen LogP contribution in [0.25, 0.3) is 0 Å². The summed E-state index contributed by atoms with van der Waals surface area (Å²) in [5.41, 5.74) is 0.396. The topological polar surface area (TPSA) is 224 Å². The quantitative estimate of drug-likeness (QED) is 0.0319. The van der Waals surface area contributed by atoms with Gasteiger partial charge in [0, 0.05) is 0 Å². The summed E-state index contributed by atoms with van der Waals surface area (Å²) in [5, 5.41) is 2.24. The summed E-state index contributed by atoms with van der Waals surface area (Å²) in [7, 11) is 0. The van der Waals surface area contributed by atoms with Gasteiger partial charge in [-0.2, -0.15) is 4.99 Å². The zero-order valence-corrected chi connectivity index (χ0v) is 43.5. The van der Waals surface area contributed by atoms with Crippen molar-refractivity contribution in [2.75, 3.05) is 13.2 Å². The lowest BCUT2D eigenvalue weighted by atomic mass is 9.95. The molecule has 2 aliphatic rings. The molecular weight excluding hydrogens is 1060 g/mol. The van der Waals surface area contributed by atoms with E-state index in [2.05, 4.69) is 10.2 Å². The highest BCUT2D eigenvalue weighted by Crippen LogP contribution is 2.37. The molecule has 0 aromatic heterocycles. The molecule has 0 aliphatic carbocycles. The molecule has 18 nitrogen and oxygen atoms in total. The lowest BCUT2D eigenvalue weighted by Gasteiger charge is -2.48. The first-order valence-corrected chi connectivity index (χ1v) is 25.7. The van der Waals surface area contributed by atoms with Crippen molar-refractivity contribution in [3.05, 3.63) is 251 Å². The largest absolute Gasteiger partial charge is 0.459 e. The van der Waals surface area contributed by atoms with Gasteiger partial charge in [-0.25, -0.2) is 33.6 Å². The fourth-order valence-electron chi connectivity index (χ4n) is 8.75. The monoisotopic (exact) mass is 1110 g/mol. The van der Waals surface area contributed by atoms with Crippen molar-refractivity contribution in [1.82, 2.24) is 0 Å². The van der Waals surface area contributed by atoms with Crippen molar-refractivity contribution in [1.29, 1.82) is 0 Å². The minimum atomic E-state index is -2.06. The predicted octanol–water partition coefficient (Wildman–Crippen LogP) is 8.77. The lowest BCUT2D eigenvalue weighted by molar-refractivity contribution is -0.338. The van der Waals surface area contributed by atoms with Crippen LogP contribution in [0.3, 0.4) is 0 Å². The predicted molar refractivity (Wildman–Crippen MR) is 289 cm³/mol. The van der Waals surface area contributed by atoms with Gasteiger partial charge >= 0.3 is 41.8 Å². The second-order valence-electron chi connectivity index (χ2n) is 18.0. The van der Waals surface area contributed by atoms with Crippen molar-refractivity contribution in [2.45, 2.75) is 61.3 Å². The molecule has 81 heavy (non-hydrogen) atoms. The summed E-state index contributed by atoms with van der Waals surface area (Å²) in [6.45, 7) is -1.45. The lowest BCUT2D eigenvalue weighted by Crippen LogP contribution is -2.67. The van der Waals surface area contributed by atoms with E-state index in [9.17, 15) is 33.6 Å². The molecule has 0 saturated carbocycles. The van der Waals surface area contributed by atoms with Gasteiger partial charge in [-0.05, 0) is 97.1 Å². The van der Waals surface area contributed by atoms with Crippen LogP contribution in [-0.4, -0.2) is 122 Å². The number of carbonyl (C=O) groups excluding carboxylic acids is 7. The Labute approximate surface area is 469 Å².